The van der Waals surface area contributed by atoms with Crippen LogP contribution in [0.5, 0.6) is 0 Å². The third kappa shape index (κ3) is 41.3. The van der Waals surface area contributed by atoms with Crippen LogP contribution in [0.15, 0.2) is 97.2 Å². The molecule has 336 valence electrons. The lowest BCUT2D eigenvalue weighted by Crippen LogP contribution is -2.46. The summed E-state index contributed by atoms with van der Waals surface area (Å²) < 4.78 is 5.86. The molecule has 0 aliphatic carbocycles. The van der Waals surface area contributed by atoms with Gasteiger partial charge in [-0.3, -0.25) is 9.59 Å². The van der Waals surface area contributed by atoms with E-state index >= 15 is 0 Å². The second kappa shape index (κ2) is 45.9. The Balaban J connectivity index is 4.71. The topological polar surface area (TPSA) is 95.9 Å². The molecule has 0 saturated carbocycles. The second-order valence-electron chi connectivity index (χ2n) is 15.8. The first-order chi connectivity index (χ1) is 29.0. The van der Waals surface area contributed by atoms with Gasteiger partial charge in [0.2, 0.25) is 5.91 Å². The molecular formula is C53H89NO5. The Morgan fingerprint density at radius 2 is 1.00 bits per heavy atom. The van der Waals surface area contributed by atoms with Crippen molar-refractivity contribution >= 4 is 11.9 Å². The Labute approximate surface area is 363 Å². The number of amides is 1. The Morgan fingerprint density at radius 3 is 1.56 bits per heavy atom. The lowest BCUT2D eigenvalue weighted by atomic mass is 10.0. The molecule has 0 aliphatic rings. The third-order valence-corrected chi connectivity index (χ3v) is 10.2. The fourth-order valence-electron chi connectivity index (χ4n) is 6.64. The van der Waals surface area contributed by atoms with Gasteiger partial charge in [-0.25, -0.2) is 0 Å². The van der Waals surface area contributed by atoms with E-state index in [9.17, 15) is 19.8 Å². The van der Waals surface area contributed by atoms with Crippen molar-refractivity contribution in [2.45, 2.75) is 219 Å². The van der Waals surface area contributed by atoms with Gasteiger partial charge in [0.05, 0.1) is 25.2 Å². The molecular weight excluding hydrogens is 731 g/mol. The molecule has 3 unspecified atom stereocenters. The summed E-state index contributed by atoms with van der Waals surface area (Å²) in [5.41, 5.74) is 0. The molecule has 1 amide bonds. The number of aliphatic hydroxyl groups is 2. The van der Waals surface area contributed by atoms with Crippen LogP contribution in [0, 0.1) is 0 Å². The van der Waals surface area contributed by atoms with E-state index in [1.807, 2.05) is 12.2 Å². The number of carbonyl (C=O) groups is 2. The van der Waals surface area contributed by atoms with Gasteiger partial charge in [-0.2, -0.15) is 0 Å². The molecule has 0 aliphatic heterocycles. The summed E-state index contributed by atoms with van der Waals surface area (Å²) in [4.78, 5) is 26.0. The summed E-state index contributed by atoms with van der Waals surface area (Å²) in [5, 5.41) is 23.7. The maximum absolute atomic E-state index is 13.1. The highest BCUT2D eigenvalue weighted by Crippen LogP contribution is 2.16. The van der Waals surface area contributed by atoms with E-state index in [2.05, 4.69) is 111 Å². The predicted molar refractivity (Wildman–Crippen MR) is 254 cm³/mol. The zero-order chi connectivity index (χ0) is 43.1. The number of hydrogen-bond acceptors (Lipinski definition) is 5. The number of esters is 1. The molecule has 6 heteroatoms. The van der Waals surface area contributed by atoms with Crippen molar-refractivity contribution < 1.29 is 24.5 Å². The number of carbonyl (C=O) groups excluding carboxylic acids is 2. The molecule has 0 bridgehead atoms. The van der Waals surface area contributed by atoms with Gasteiger partial charge in [0.1, 0.15) is 6.10 Å². The van der Waals surface area contributed by atoms with E-state index in [1.165, 1.54) is 57.8 Å². The highest BCUT2D eigenvalue weighted by molar-refractivity contribution is 5.77. The first kappa shape index (κ1) is 55.8. The van der Waals surface area contributed by atoms with E-state index in [0.717, 1.165) is 89.9 Å². The van der Waals surface area contributed by atoms with Crippen LogP contribution in [0.3, 0.4) is 0 Å². The lowest BCUT2D eigenvalue weighted by Gasteiger charge is -2.24. The van der Waals surface area contributed by atoms with Gasteiger partial charge >= 0.3 is 5.97 Å². The summed E-state index contributed by atoms with van der Waals surface area (Å²) in [6, 6.07) is -0.728. The third-order valence-electron chi connectivity index (χ3n) is 10.2. The van der Waals surface area contributed by atoms with E-state index < -0.39 is 18.2 Å². The molecule has 0 aromatic heterocycles. The van der Waals surface area contributed by atoms with Crippen LogP contribution in [0.4, 0.5) is 0 Å². The van der Waals surface area contributed by atoms with Gasteiger partial charge < -0.3 is 20.3 Å². The smallest absolute Gasteiger partial charge is 0.306 e. The van der Waals surface area contributed by atoms with Crippen molar-refractivity contribution in [3.63, 3.8) is 0 Å². The van der Waals surface area contributed by atoms with Crippen molar-refractivity contribution in [3.8, 4) is 0 Å². The SMILES string of the molecule is CC/C=C\C/C=C\C/C=C\C/C=C\C/C=C\CCCC(=O)OC(CCCCC\C=C/C=C/C=C/CC)CC(=O)NC(CO)C(O)CCCCCCCCCCCCCC. The Hall–Kier alpha value is -3.22. The summed E-state index contributed by atoms with van der Waals surface area (Å²) in [6.07, 6.45) is 60.4. The minimum atomic E-state index is -0.811. The van der Waals surface area contributed by atoms with Gasteiger partial charge in [0.15, 0.2) is 0 Å². The van der Waals surface area contributed by atoms with Gasteiger partial charge in [-0.15, -0.1) is 0 Å². The predicted octanol–water partition coefficient (Wildman–Crippen LogP) is 14.2. The Morgan fingerprint density at radius 1 is 0.525 bits per heavy atom. The van der Waals surface area contributed by atoms with E-state index in [0.29, 0.717) is 25.7 Å². The monoisotopic (exact) mass is 820 g/mol. The molecule has 59 heavy (non-hydrogen) atoms. The van der Waals surface area contributed by atoms with E-state index in [-0.39, 0.29) is 24.9 Å². The fraction of sp³-hybridized carbons (Fsp3) is 0.660. The van der Waals surface area contributed by atoms with Gasteiger partial charge in [0, 0.05) is 6.42 Å². The molecule has 0 aromatic carbocycles. The summed E-state index contributed by atoms with van der Waals surface area (Å²) >= 11 is 0. The summed E-state index contributed by atoms with van der Waals surface area (Å²) in [6.45, 7) is 6.19. The zero-order valence-electron chi connectivity index (χ0n) is 38.1. The van der Waals surface area contributed by atoms with Crippen molar-refractivity contribution in [1.29, 1.82) is 0 Å². The molecule has 0 heterocycles. The van der Waals surface area contributed by atoms with Crippen molar-refractivity contribution in [2.75, 3.05) is 6.61 Å². The number of rotatable bonds is 41. The van der Waals surface area contributed by atoms with Gasteiger partial charge in [0.25, 0.3) is 0 Å². The molecule has 0 radical (unpaired) electrons. The number of aliphatic hydroxyl groups excluding tert-OH is 2. The standard InChI is InChI=1S/C53H89NO5/c1-4-7-10-13-16-19-22-24-25-26-27-28-31-34-37-40-43-46-53(58)59-49(44-41-38-35-32-29-21-18-15-12-9-6-3)47-52(57)54-50(48-55)51(56)45-42-39-36-33-30-23-20-17-14-11-8-5-2/h7,9-10,12,15-16,18-19,21,24-25,27-29,34,37,49-51,55-56H,4-6,8,11,13-14,17,20,22-23,26,30-33,35-36,38-48H2,1-3H3,(H,54,57)/b10-7-,12-9+,18-15+,19-16-,25-24-,28-27-,29-21-,37-34-. The second-order valence-corrected chi connectivity index (χ2v) is 15.8. The first-order valence-corrected chi connectivity index (χ1v) is 24.0. The molecule has 0 saturated heterocycles. The number of unbranched alkanes of at least 4 members (excludes halogenated alkanes) is 15. The Bertz CT molecular complexity index is 1190. The highest BCUT2D eigenvalue weighted by atomic mass is 16.5. The first-order valence-electron chi connectivity index (χ1n) is 24.0. The van der Waals surface area contributed by atoms with Crippen LogP contribution >= 0.6 is 0 Å². The molecule has 0 fully saturated rings. The van der Waals surface area contributed by atoms with E-state index in [1.54, 1.807) is 0 Å². The zero-order valence-corrected chi connectivity index (χ0v) is 38.1. The van der Waals surface area contributed by atoms with Crippen LogP contribution in [0.2, 0.25) is 0 Å². The summed E-state index contributed by atoms with van der Waals surface area (Å²) in [5.74, 6) is -0.589. The van der Waals surface area contributed by atoms with Crippen LogP contribution in [0.25, 0.3) is 0 Å². The van der Waals surface area contributed by atoms with Crippen LogP contribution < -0.4 is 5.32 Å². The average Bonchev–Trinajstić information content (AvgIpc) is 3.23. The summed E-state index contributed by atoms with van der Waals surface area (Å²) in [7, 11) is 0. The van der Waals surface area contributed by atoms with Crippen molar-refractivity contribution in [2.24, 2.45) is 0 Å². The van der Waals surface area contributed by atoms with Crippen LogP contribution in [-0.4, -0.2) is 46.9 Å². The average molecular weight is 820 g/mol. The molecule has 6 nitrogen and oxygen atoms in total. The minimum absolute atomic E-state index is 0.0261. The number of nitrogens with one attached hydrogen (secondary N) is 1. The molecule has 0 aromatic rings. The van der Waals surface area contributed by atoms with Gasteiger partial charge in [-0.1, -0.05) is 201 Å². The minimum Gasteiger partial charge on any atom is -0.462 e. The van der Waals surface area contributed by atoms with Gasteiger partial charge in [-0.05, 0) is 83.5 Å². The largest absolute Gasteiger partial charge is 0.462 e. The van der Waals surface area contributed by atoms with Crippen LogP contribution in [0.1, 0.15) is 201 Å². The Kier molecular flexibility index (Phi) is 43.4. The fourth-order valence-corrected chi connectivity index (χ4v) is 6.64. The van der Waals surface area contributed by atoms with Crippen LogP contribution in [-0.2, 0) is 14.3 Å². The molecule has 3 N–H and O–H groups in total. The quantitative estimate of drug-likeness (QED) is 0.0247. The lowest BCUT2D eigenvalue weighted by molar-refractivity contribution is -0.151. The number of ether oxygens (including phenoxy) is 1. The van der Waals surface area contributed by atoms with Crippen molar-refractivity contribution in [1.82, 2.24) is 5.32 Å². The molecule has 0 spiro atoms. The number of hydrogen-bond donors (Lipinski definition) is 3. The maximum Gasteiger partial charge on any atom is 0.306 e. The van der Waals surface area contributed by atoms with E-state index in [4.69, 9.17) is 4.74 Å². The maximum atomic E-state index is 13.1. The normalized spacial score (nSPS) is 14.2. The number of allylic oxidation sites excluding steroid dienone is 16. The molecule has 0 rings (SSSR count). The highest BCUT2D eigenvalue weighted by Gasteiger charge is 2.24. The van der Waals surface area contributed by atoms with Crippen molar-refractivity contribution in [3.05, 3.63) is 97.2 Å². The molecule has 3 atom stereocenters.